The van der Waals surface area contributed by atoms with Crippen molar-refractivity contribution in [1.82, 2.24) is 5.32 Å². The van der Waals surface area contributed by atoms with Crippen LogP contribution < -0.4 is 14.8 Å². The summed E-state index contributed by atoms with van der Waals surface area (Å²) in [6, 6.07) is 7.31. The number of ether oxygens (including phenoxy) is 2. The summed E-state index contributed by atoms with van der Waals surface area (Å²) in [5, 5.41) is 2.75. The van der Waals surface area contributed by atoms with E-state index in [1.807, 2.05) is 26.0 Å². The van der Waals surface area contributed by atoms with Gasteiger partial charge in [0.25, 0.3) is 5.91 Å². The number of likely N-dealkylation sites (N-methyl/N-ethyl adjacent to an activating group) is 1. The molecule has 0 aliphatic heterocycles. The van der Waals surface area contributed by atoms with E-state index in [-0.39, 0.29) is 5.91 Å². The van der Waals surface area contributed by atoms with Crippen molar-refractivity contribution in [2.45, 2.75) is 26.4 Å². The minimum Gasteiger partial charge on any atom is -0.493 e. The molecule has 1 N–H and O–H groups in total. The number of carbonyl (C=O) groups is 1. The van der Waals surface area contributed by atoms with E-state index in [4.69, 9.17) is 9.47 Å². The van der Waals surface area contributed by atoms with E-state index >= 15 is 0 Å². The Balaban J connectivity index is 2.76. The van der Waals surface area contributed by atoms with Gasteiger partial charge in [0.15, 0.2) is 17.6 Å². The molecular formula is C13H19NO3. The van der Waals surface area contributed by atoms with Gasteiger partial charge in [-0.3, -0.25) is 4.79 Å². The molecule has 0 aliphatic carbocycles. The summed E-state index contributed by atoms with van der Waals surface area (Å²) in [6.07, 6.45) is 0.135. The molecule has 0 heterocycles. The number of methoxy groups -OCH3 is 1. The van der Waals surface area contributed by atoms with Crippen LogP contribution in [0.25, 0.3) is 0 Å². The molecule has 0 unspecified atom stereocenters. The van der Waals surface area contributed by atoms with Gasteiger partial charge >= 0.3 is 0 Å². The first-order valence-electron chi connectivity index (χ1n) is 5.80. The molecule has 1 amide bonds. The number of hydrogen-bond donors (Lipinski definition) is 1. The lowest BCUT2D eigenvalue weighted by Crippen LogP contribution is -2.37. The molecule has 4 nitrogen and oxygen atoms in total. The second kappa shape index (κ2) is 6.78. The molecule has 1 aromatic carbocycles. The van der Waals surface area contributed by atoms with Crippen molar-refractivity contribution < 1.29 is 14.3 Å². The maximum atomic E-state index is 11.7. The Morgan fingerprint density at radius 3 is 2.47 bits per heavy atom. The predicted octanol–water partition coefficient (Wildman–Crippen LogP) is 1.99. The number of amides is 1. The van der Waals surface area contributed by atoms with Crippen LogP contribution in [0.1, 0.15) is 20.3 Å². The van der Waals surface area contributed by atoms with Gasteiger partial charge in [-0.25, -0.2) is 0 Å². The SMILES string of the molecule is CCNC(=O)[C@@H](CC)Oc1ccccc1OC. The summed E-state index contributed by atoms with van der Waals surface area (Å²) in [5.74, 6) is 1.13. The standard InChI is InChI=1S/C13H19NO3/c1-4-10(13(15)14-5-2)17-12-9-7-6-8-11(12)16-3/h6-10H,4-5H2,1-3H3,(H,14,15)/t10-/m1/s1. The summed E-state index contributed by atoms with van der Waals surface area (Å²) in [6.45, 7) is 4.40. The topological polar surface area (TPSA) is 47.6 Å². The molecular weight excluding hydrogens is 218 g/mol. The first kappa shape index (κ1) is 13.4. The van der Waals surface area contributed by atoms with Crippen LogP contribution in [0.5, 0.6) is 11.5 Å². The molecule has 0 bridgehead atoms. The van der Waals surface area contributed by atoms with E-state index in [0.29, 0.717) is 24.5 Å². The molecule has 1 aromatic rings. The van der Waals surface area contributed by atoms with Crippen LogP contribution in [0.15, 0.2) is 24.3 Å². The highest BCUT2D eigenvalue weighted by atomic mass is 16.5. The van der Waals surface area contributed by atoms with Gasteiger partial charge in [-0.1, -0.05) is 19.1 Å². The number of hydrogen-bond acceptors (Lipinski definition) is 3. The third kappa shape index (κ3) is 3.66. The first-order valence-corrected chi connectivity index (χ1v) is 5.80. The third-order valence-electron chi connectivity index (χ3n) is 2.35. The zero-order chi connectivity index (χ0) is 12.7. The maximum Gasteiger partial charge on any atom is 0.261 e. The van der Waals surface area contributed by atoms with Gasteiger partial charge in [-0.2, -0.15) is 0 Å². The highest BCUT2D eigenvalue weighted by Gasteiger charge is 2.18. The summed E-state index contributed by atoms with van der Waals surface area (Å²) in [4.78, 5) is 11.7. The van der Waals surface area contributed by atoms with Crippen molar-refractivity contribution in [2.24, 2.45) is 0 Å². The van der Waals surface area contributed by atoms with Gasteiger partial charge in [0, 0.05) is 6.54 Å². The zero-order valence-electron chi connectivity index (χ0n) is 10.5. The van der Waals surface area contributed by atoms with Crippen molar-refractivity contribution in [3.63, 3.8) is 0 Å². The van der Waals surface area contributed by atoms with Gasteiger partial charge in [0.2, 0.25) is 0 Å². The Labute approximate surface area is 102 Å². The second-order valence-electron chi connectivity index (χ2n) is 3.56. The molecule has 0 spiro atoms. The number of para-hydroxylation sites is 2. The molecule has 0 fully saturated rings. The van der Waals surface area contributed by atoms with Crippen LogP contribution in [0.2, 0.25) is 0 Å². The summed E-state index contributed by atoms with van der Waals surface area (Å²) in [5.41, 5.74) is 0. The van der Waals surface area contributed by atoms with Crippen LogP contribution in [-0.4, -0.2) is 25.7 Å². The fourth-order valence-corrected chi connectivity index (χ4v) is 1.48. The predicted molar refractivity (Wildman–Crippen MR) is 66.4 cm³/mol. The number of nitrogens with one attached hydrogen (secondary N) is 1. The number of carbonyl (C=O) groups excluding carboxylic acids is 1. The van der Waals surface area contributed by atoms with Crippen molar-refractivity contribution in [3.8, 4) is 11.5 Å². The Morgan fingerprint density at radius 2 is 1.94 bits per heavy atom. The van der Waals surface area contributed by atoms with E-state index in [2.05, 4.69) is 5.32 Å². The number of rotatable bonds is 6. The molecule has 1 atom stereocenters. The van der Waals surface area contributed by atoms with Gasteiger partial charge in [0.1, 0.15) is 0 Å². The molecule has 0 saturated carbocycles. The average Bonchev–Trinajstić information content (AvgIpc) is 2.36. The molecule has 0 saturated heterocycles. The summed E-state index contributed by atoms with van der Waals surface area (Å²) in [7, 11) is 1.58. The van der Waals surface area contributed by atoms with Crippen LogP contribution >= 0.6 is 0 Å². The molecule has 4 heteroatoms. The minimum absolute atomic E-state index is 0.0964. The van der Waals surface area contributed by atoms with Crippen LogP contribution in [0, 0.1) is 0 Å². The molecule has 0 aliphatic rings. The maximum absolute atomic E-state index is 11.7. The fourth-order valence-electron chi connectivity index (χ4n) is 1.48. The Kier molecular flexibility index (Phi) is 5.33. The van der Waals surface area contributed by atoms with Gasteiger partial charge in [-0.05, 0) is 25.5 Å². The minimum atomic E-state index is -0.480. The molecule has 0 radical (unpaired) electrons. The Bertz CT molecular complexity index is 365. The molecule has 17 heavy (non-hydrogen) atoms. The largest absolute Gasteiger partial charge is 0.493 e. The highest BCUT2D eigenvalue weighted by Crippen LogP contribution is 2.27. The fraction of sp³-hybridized carbons (Fsp3) is 0.462. The van der Waals surface area contributed by atoms with Crippen LogP contribution in [0.4, 0.5) is 0 Å². The lowest BCUT2D eigenvalue weighted by molar-refractivity contribution is -0.128. The first-order chi connectivity index (χ1) is 8.22. The highest BCUT2D eigenvalue weighted by molar-refractivity contribution is 5.81. The van der Waals surface area contributed by atoms with E-state index in [0.717, 1.165) is 0 Å². The number of benzene rings is 1. The third-order valence-corrected chi connectivity index (χ3v) is 2.35. The van der Waals surface area contributed by atoms with E-state index in [1.165, 1.54) is 0 Å². The van der Waals surface area contributed by atoms with Crippen molar-refractivity contribution in [2.75, 3.05) is 13.7 Å². The molecule has 1 rings (SSSR count). The normalized spacial score (nSPS) is 11.7. The Hall–Kier alpha value is -1.71. The lowest BCUT2D eigenvalue weighted by Gasteiger charge is -2.18. The lowest BCUT2D eigenvalue weighted by atomic mass is 10.2. The average molecular weight is 237 g/mol. The van der Waals surface area contributed by atoms with Crippen molar-refractivity contribution in [1.29, 1.82) is 0 Å². The zero-order valence-corrected chi connectivity index (χ0v) is 10.5. The quantitative estimate of drug-likeness (QED) is 0.823. The van der Waals surface area contributed by atoms with Crippen molar-refractivity contribution >= 4 is 5.91 Å². The summed E-state index contributed by atoms with van der Waals surface area (Å²) >= 11 is 0. The van der Waals surface area contributed by atoms with E-state index in [1.54, 1.807) is 19.2 Å². The molecule has 94 valence electrons. The van der Waals surface area contributed by atoms with Crippen LogP contribution in [0.3, 0.4) is 0 Å². The molecule has 0 aromatic heterocycles. The van der Waals surface area contributed by atoms with E-state index in [9.17, 15) is 4.79 Å². The summed E-state index contributed by atoms with van der Waals surface area (Å²) < 4.78 is 10.8. The van der Waals surface area contributed by atoms with Gasteiger partial charge < -0.3 is 14.8 Å². The van der Waals surface area contributed by atoms with Crippen molar-refractivity contribution in [3.05, 3.63) is 24.3 Å². The second-order valence-corrected chi connectivity index (χ2v) is 3.56. The smallest absolute Gasteiger partial charge is 0.261 e. The Morgan fingerprint density at radius 1 is 1.29 bits per heavy atom. The van der Waals surface area contributed by atoms with E-state index < -0.39 is 6.10 Å². The van der Waals surface area contributed by atoms with Gasteiger partial charge in [-0.15, -0.1) is 0 Å². The van der Waals surface area contributed by atoms with Crippen LogP contribution in [-0.2, 0) is 4.79 Å². The van der Waals surface area contributed by atoms with Gasteiger partial charge in [0.05, 0.1) is 7.11 Å². The monoisotopic (exact) mass is 237 g/mol.